The quantitative estimate of drug-likeness (QED) is 0.197. The predicted octanol–water partition coefficient (Wildman–Crippen LogP) is 5.58. The van der Waals surface area contributed by atoms with Gasteiger partial charge in [0.25, 0.3) is 5.78 Å². The Balaban J connectivity index is 1.56. The molecule has 4 aromatic rings. The largest absolute Gasteiger partial charge is 0.507 e. The van der Waals surface area contributed by atoms with E-state index in [4.69, 9.17) is 14.5 Å². The lowest BCUT2D eigenvalue weighted by Crippen LogP contribution is -2.29. The molecule has 2 N–H and O–H groups in total. The Morgan fingerprint density at radius 2 is 1.92 bits per heavy atom. The van der Waals surface area contributed by atoms with Gasteiger partial charge in [0.2, 0.25) is 0 Å². The molecule has 3 heterocycles. The molecule has 6 rings (SSSR count). The fraction of sp³-hybridized carbons (Fsp3) is 0.233. The van der Waals surface area contributed by atoms with Crippen LogP contribution in [0.2, 0.25) is 0 Å². The molecule has 8 nitrogen and oxygen atoms in total. The molecule has 0 aliphatic carbocycles. The molecule has 0 unspecified atom stereocenters. The first-order chi connectivity index (χ1) is 18.7. The van der Waals surface area contributed by atoms with Crippen molar-refractivity contribution in [3.8, 4) is 17.2 Å². The monoisotopic (exact) mass is 542 g/mol. The van der Waals surface area contributed by atoms with Gasteiger partial charge in [-0.1, -0.05) is 23.5 Å². The highest BCUT2D eigenvalue weighted by Crippen LogP contribution is 2.46. The van der Waals surface area contributed by atoms with Crippen molar-refractivity contribution in [1.82, 2.24) is 4.98 Å². The van der Waals surface area contributed by atoms with Crippen LogP contribution in [0.5, 0.6) is 17.2 Å². The summed E-state index contributed by atoms with van der Waals surface area (Å²) in [4.78, 5) is 33.3. The lowest BCUT2D eigenvalue weighted by Gasteiger charge is -2.23. The highest BCUT2D eigenvalue weighted by atomic mass is 32.1. The third-order valence-corrected chi connectivity index (χ3v) is 8.16. The van der Waals surface area contributed by atoms with E-state index >= 15 is 0 Å². The topological polar surface area (TPSA) is 109 Å². The number of phenols is 1. The number of ether oxygens (including phenoxy) is 2. The molecule has 9 heteroatoms. The highest BCUT2D eigenvalue weighted by molar-refractivity contribution is 7.22. The number of aliphatic hydroxyl groups excluding tert-OH is 1. The van der Waals surface area contributed by atoms with E-state index in [1.54, 1.807) is 30.3 Å². The average Bonchev–Trinajstić information content (AvgIpc) is 3.56. The van der Waals surface area contributed by atoms with Crippen LogP contribution in [0.3, 0.4) is 0 Å². The number of carbonyl (C=O) groups excluding carboxylic acids is 2. The predicted molar refractivity (Wildman–Crippen MR) is 149 cm³/mol. The van der Waals surface area contributed by atoms with E-state index in [0.29, 0.717) is 22.7 Å². The summed E-state index contributed by atoms with van der Waals surface area (Å²) in [7, 11) is 1.42. The molecule has 0 radical (unpaired) electrons. The van der Waals surface area contributed by atoms with Crippen molar-refractivity contribution >= 4 is 44.1 Å². The van der Waals surface area contributed by atoms with Gasteiger partial charge >= 0.3 is 5.91 Å². The van der Waals surface area contributed by atoms with Gasteiger partial charge in [-0.2, -0.15) is 0 Å². The van der Waals surface area contributed by atoms with Crippen LogP contribution in [0.1, 0.15) is 40.8 Å². The van der Waals surface area contributed by atoms with E-state index < -0.39 is 17.7 Å². The van der Waals surface area contributed by atoms with Crippen molar-refractivity contribution in [1.29, 1.82) is 0 Å². The molecule has 198 valence electrons. The van der Waals surface area contributed by atoms with E-state index in [1.165, 1.54) is 29.4 Å². The normalized spacial score (nSPS) is 19.9. The number of methoxy groups -OCH3 is 1. The number of aryl methyl sites for hydroxylation is 2. The number of hydrogen-bond donors (Lipinski definition) is 2. The minimum absolute atomic E-state index is 0.0126. The molecular formula is C30H26N2O6S. The molecule has 0 saturated carbocycles. The van der Waals surface area contributed by atoms with Crippen LogP contribution < -0.4 is 14.4 Å². The number of fused-ring (bicyclic) bond motifs is 2. The van der Waals surface area contributed by atoms with Crippen LogP contribution in [-0.2, 0) is 16.0 Å². The van der Waals surface area contributed by atoms with Gasteiger partial charge in [-0.05, 0) is 79.4 Å². The summed E-state index contributed by atoms with van der Waals surface area (Å²) in [5.74, 6) is -1.07. The third kappa shape index (κ3) is 4.01. The SMILES string of the molecule is COc1cc([C@@H]2/C(=C(\O)c3ccc4c(c3)C[C@@H](C)O4)C(=O)C(=O)N2c2nc3c(C)cc(C)cc3s2)ccc1O. The summed E-state index contributed by atoms with van der Waals surface area (Å²) in [6, 6.07) is 12.9. The number of aliphatic hydroxyl groups is 1. The zero-order chi connectivity index (χ0) is 27.6. The third-order valence-electron chi connectivity index (χ3n) is 7.16. The lowest BCUT2D eigenvalue weighted by atomic mass is 9.94. The molecule has 2 aliphatic rings. The Bertz CT molecular complexity index is 1720. The summed E-state index contributed by atoms with van der Waals surface area (Å²) in [6.45, 7) is 5.90. The molecule has 1 amide bonds. The number of hydrogen-bond acceptors (Lipinski definition) is 8. The second-order valence-corrected chi connectivity index (χ2v) is 11.0. The van der Waals surface area contributed by atoms with E-state index in [0.717, 1.165) is 32.7 Å². The van der Waals surface area contributed by atoms with Crippen molar-refractivity contribution in [3.05, 3.63) is 81.9 Å². The van der Waals surface area contributed by atoms with Crippen molar-refractivity contribution in [2.75, 3.05) is 12.0 Å². The molecular weight excluding hydrogens is 516 g/mol. The van der Waals surface area contributed by atoms with Crippen molar-refractivity contribution in [2.24, 2.45) is 0 Å². The molecule has 0 spiro atoms. The molecule has 1 aromatic heterocycles. The van der Waals surface area contributed by atoms with Crippen LogP contribution in [0.25, 0.3) is 16.0 Å². The van der Waals surface area contributed by atoms with Crippen molar-refractivity contribution < 1.29 is 29.3 Å². The van der Waals surface area contributed by atoms with E-state index in [1.807, 2.05) is 32.9 Å². The highest BCUT2D eigenvalue weighted by Gasteiger charge is 2.48. The minimum atomic E-state index is -0.995. The number of Topliss-reactive ketones (excluding diaryl/α,β-unsaturated/α-hetero) is 1. The Morgan fingerprint density at radius 3 is 2.69 bits per heavy atom. The van der Waals surface area contributed by atoms with Gasteiger partial charge in [0, 0.05) is 12.0 Å². The number of anilines is 1. The summed E-state index contributed by atoms with van der Waals surface area (Å²) >= 11 is 1.31. The molecule has 0 bridgehead atoms. The standard InChI is InChI=1S/C30H26N2O6S/c1-14-9-15(2)25-23(10-14)39-30(31-25)32-26(17-5-7-20(33)22(13-17)37-4)24(28(35)29(32)36)27(34)18-6-8-21-19(12-18)11-16(3)38-21/h5-10,12-13,16,26,33-34H,11H2,1-4H3/b27-24+/t16-,26-/m1/s1. The first kappa shape index (κ1) is 24.9. The number of aromatic nitrogens is 1. The van der Waals surface area contributed by atoms with Gasteiger partial charge in [0.1, 0.15) is 17.6 Å². The smallest absolute Gasteiger partial charge is 0.301 e. The second-order valence-electron chi connectivity index (χ2n) is 9.98. The number of phenolic OH excluding ortho intramolecular Hbond substituents is 1. The lowest BCUT2D eigenvalue weighted by molar-refractivity contribution is -0.132. The minimum Gasteiger partial charge on any atom is -0.507 e. The maximum atomic E-state index is 13.6. The summed E-state index contributed by atoms with van der Waals surface area (Å²) in [5, 5.41) is 22.1. The van der Waals surface area contributed by atoms with Crippen LogP contribution in [-0.4, -0.2) is 40.1 Å². The van der Waals surface area contributed by atoms with Crippen LogP contribution in [0.4, 0.5) is 5.13 Å². The van der Waals surface area contributed by atoms with E-state index in [2.05, 4.69) is 0 Å². The number of thiazole rings is 1. The summed E-state index contributed by atoms with van der Waals surface area (Å²) in [5.41, 5.74) is 4.52. The average molecular weight is 543 g/mol. The Hall–Kier alpha value is -4.37. The molecule has 1 fully saturated rings. The van der Waals surface area contributed by atoms with E-state index in [9.17, 15) is 19.8 Å². The second kappa shape index (κ2) is 9.13. The van der Waals surface area contributed by atoms with Gasteiger partial charge < -0.3 is 19.7 Å². The summed E-state index contributed by atoms with van der Waals surface area (Å²) < 4.78 is 12.0. The van der Waals surface area contributed by atoms with Gasteiger partial charge in [-0.25, -0.2) is 4.98 Å². The number of ketones is 1. The van der Waals surface area contributed by atoms with Gasteiger partial charge in [0.15, 0.2) is 16.6 Å². The van der Waals surface area contributed by atoms with Gasteiger partial charge in [-0.3, -0.25) is 14.5 Å². The number of aromatic hydroxyl groups is 1. The number of nitrogens with zero attached hydrogens (tertiary/aromatic N) is 2. The number of benzene rings is 3. The number of amides is 1. The van der Waals surface area contributed by atoms with Crippen molar-refractivity contribution in [3.63, 3.8) is 0 Å². The first-order valence-corrected chi connectivity index (χ1v) is 13.3. The van der Waals surface area contributed by atoms with Crippen LogP contribution in [0.15, 0.2) is 54.1 Å². The van der Waals surface area contributed by atoms with E-state index in [-0.39, 0.29) is 28.9 Å². The van der Waals surface area contributed by atoms with Crippen LogP contribution in [0, 0.1) is 13.8 Å². The van der Waals surface area contributed by atoms with Crippen molar-refractivity contribution in [2.45, 2.75) is 39.3 Å². The molecule has 1 saturated heterocycles. The maximum Gasteiger partial charge on any atom is 0.301 e. The first-order valence-electron chi connectivity index (χ1n) is 12.5. The number of rotatable bonds is 4. The zero-order valence-corrected chi connectivity index (χ0v) is 22.6. The Morgan fingerprint density at radius 1 is 1.13 bits per heavy atom. The Labute approximate surface area is 228 Å². The van der Waals surface area contributed by atoms with Crippen LogP contribution >= 0.6 is 11.3 Å². The molecule has 3 aromatic carbocycles. The molecule has 2 atom stereocenters. The maximum absolute atomic E-state index is 13.6. The summed E-state index contributed by atoms with van der Waals surface area (Å²) in [6.07, 6.45) is 0.687. The number of carbonyl (C=O) groups is 2. The van der Waals surface area contributed by atoms with Gasteiger partial charge in [0.05, 0.1) is 28.9 Å². The molecule has 39 heavy (non-hydrogen) atoms. The molecule has 2 aliphatic heterocycles. The fourth-order valence-electron chi connectivity index (χ4n) is 5.40. The van der Waals surface area contributed by atoms with Gasteiger partial charge in [-0.15, -0.1) is 0 Å². The zero-order valence-electron chi connectivity index (χ0n) is 21.8. The Kier molecular flexibility index (Phi) is 5.84. The fourth-order valence-corrected chi connectivity index (χ4v) is 6.56.